The number of H-pyrrole nitrogens is 1. The first kappa shape index (κ1) is 19.1. The highest BCUT2D eigenvalue weighted by molar-refractivity contribution is 5.93. The van der Waals surface area contributed by atoms with Crippen molar-refractivity contribution in [3.63, 3.8) is 0 Å². The SMILES string of the molecule is COCCN1CC=C(c2cc3c(Nc4ccc(N)c(C=N)c4)ncnc3[nH]2)CC1. The predicted molar refractivity (Wildman–Crippen MR) is 117 cm³/mol. The fourth-order valence-electron chi connectivity index (χ4n) is 3.51. The Labute approximate surface area is 169 Å². The lowest BCUT2D eigenvalue weighted by atomic mass is 10.0. The van der Waals surface area contributed by atoms with E-state index in [2.05, 4.69) is 37.3 Å². The van der Waals surface area contributed by atoms with E-state index < -0.39 is 0 Å². The number of hydrogen-bond acceptors (Lipinski definition) is 7. The van der Waals surface area contributed by atoms with Crippen LogP contribution in [-0.2, 0) is 4.74 Å². The summed E-state index contributed by atoms with van der Waals surface area (Å²) in [4.78, 5) is 14.6. The number of nitrogens with two attached hydrogens (primary N) is 1. The third-order valence-electron chi connectivity index (χ3n) is 5.18. The Hall–Kier alpha value is -3.23. The second kappa shape index (κ2) is 8.42. The standard InChI is InChI=1S/C21H25N7O/c1-29-9-8-28-6-4-14(5-7-28)19-11-17-20(24-13-25-21(17)27-19)26-16-2-3-18(23)15(10-16)12-22/h2-4,10-13,22H,5-9,23H2,1H3,(H2,24,25,26,27). The molecule has 5 N–H and O–H groups in total. The first-order valence-corrected chi connectivity index (χ1v) is 9.59. The molecule has 0 amide bonds. The third kappa shape index (κ3) is 4.13. The van der Waals surface area contributed by atoms with Gasteiger partial charge in [0.1, 0.15) is 17.8 Å². The molecule has 0 atom stereocenters. The number of nitrogens with zero attached hydrogens (tertiary/aromatic N) is 3. The van der Waals surface area contributed by atoms with Crippen LogP contribution in [0.25, 0.3) is 16.6 Å². The van der Waals surface area contributed by atoms with Crippen LogP contribution in [0.4, 0.5) is 17.2 Å². The molecular weight excluding hydrogens is 366 g/mol. The number of ether oxygens (including phenoxy) is 1. The van der Waals surface area contributed by atoms with Crippen molar-refractivity contribution in [3.05, 3.63) is 47.9 Å². The summed E-state index contributed by atoms with van der Waals surface area (Å²) in [6.45, 7) is 3.64. The van der Waals surface area contributed by atoms with Crippen molar-refractivity contribution in [3.8, 4) is 0 Å². The van der Waals surface area contributed by atoms with Crippen molar-refractivity contribution < 1.29 is 4.74 Å². The van der Waals surface area contributed by atoms with E-state index in [1.54, 1.807) is 19.5 Å². The summed E-state index contributed by atoms with van der Waals surface area (Å²) in [6.07, 6.45) is 6.03. The second-order valence-corrected chi connectivity index (χ2v) is 7.05. The number of aromatic amines is 1. The van der Waals surface area contributed by atoms with Gasteiger partial charge in [0.05, 0.1) is 12.0 Å². The first-order valence-electron chi connectivity index (χ1n) is 9.59. The van der Waals surface area contributed by atoms with Gasteiger partial charge in [0.25, 0.3) is 0 Å². The van der Waals surface area contributed by atoms with Crippen LogP contribution in [-0.4, -0.2) is 59.4 Å². The largest absolute Gasteiger partial charge is 0.398 e. The Morgan fingerprint density at radius 3 is 3.00 bits per heavy atom. The van der Waals surface area contributed by atoms with E-state index in [1.807, 2.05) is 12.1 Å². The Kier molecular flexibility index (Phi) is 5.55. The zero-order valence-corrected chi connectivity index (χ0v) is 16.4. The summed E-state index contributed by atoms with van der Waals surface area (Å²) < 4.78 is 5.17. The minimum atomic E-state index is 0.575. The van der Waals surface area contributed by atoms with Gasteiger partial charge in [-0.25, -0.2) is 9.97 Å². The predicted octanol–water partition coefficient (Wildman–Crippen LogP) is 3.02. The molecule has 1 aliphatic heterocycles. The van der Waals surface area contributed by atoms with E-state index in [1.165, 1.54) is 11.8 Å². The zero-order valence-electron chi connectivity index (χ0n) is 16.4. The second-order valence-electron chi connectivity index (χ2n) is 7.05. The maximum Gasteiger partial charge on any atom is 0.143 e. The maximum absolute atomic E-state index is 7.48. The number of nitrogen functional groups attached to an aromatic ring is 1. The summed E-state index contributed by atoms with van der Waals surface area (Å²) in [7, 11) is 1.73. The van der Waals surface area contributed by atoms with Crippen LogP contribution >= 0.6 is 0 Å². The fourth-order valence-corrected chi connectivity index (χ4v) is 3.51. The van der Waals surface area contributed by atoms with E-state index in [-0.39, 0.29) is 0 Å². The van der Waals surface area contributed by atoms with Crippen molar-refractivity contribution in [1.82, 2.24) is 19.9 Å². The van der Waals surface area contributed by atoms with Gasteiger partial charge >= 0.3 is 0 Å². The molecule has 0 unspecified atom stereocenters. The van der Waals surface area contributed by atoms with Crippen LogP contribution in [0.15, 0.2) is 36.7 Å². The molecule has 150 valence electrons. The third-order valence-corrected chi connectivity index (χ3v) is 5.18. The summed E-state index contributed by atoms with van der Waals surface area (Å²) in [5.41, 5.74) is 11.1. The number of rotatable bonds is 7. The van der Waals surface area contributed by atoms with E-state index in [9.17, 15) is 0 Å². The summed E-state index contributed by atoms with van der Waals surface area (Å²) in [5, 5.41) is 11.7. The molecule has 1 aliphatic rings. The molecule has 3 heterocycles. The molecule has 0 bridgehead atoms. The highest BCUT2D eigenvalue weighted by Gasteiger charge is 2.16. The Morgan fingerprint density at radius 1 is 1.34 bits per heavy atom. The maximum atomic E-state index is 7.48. The van der Waals surface area contributed by atoms with Crippen molar-refractivity contribution in [2.45, 2.75) is 6.42 Å². The first-order chi connectivity index (χ1) is 14.2. The Morgan fingerprint density at radius 2 is 2.24 bits per heavy atom. The Balaban J connectivity index is 1.58. The molecule has 0 fully saturated rings. The van der Waals surface area contributed by atoms with E-state index in [4.69, 9.17) is 15.9 Å². The quantitative estimate of drug-likeness (QED) is 0.363. The molecule has 4 rings (SSSR count). The summed E-state index contributed by atoms with van der Waals surface area (Å²) in [6, 6.07) is 7.60. The van der Waals surface area contributed by atoms with Crippen LogP contribution in [0.1, 0.15) is 17.7 Å². The van der Waals surface area contributed by atoms with Crippen LogP contribution in [0.2, 0.25) is 0 Å². The lowest BCUT2D eigenvalue weighted by molar-refractivity contribution is 0.154. The minimum Gasteiger partial charge on any atom is -0.398 e. The van der Waals surface area contributed by atoms with Gasteiger partial charge in [-0.1, -0.05) is 6.08 Å². The average molecular weight is 391 g/mol. The molecule has 0 saturated heterocycles. The lowest BCUT2D eigenvalue weighted by Crippen LogP contribution is -2.31. The number of anilines is 3. The number of benzene rings is 1. The molecule has 29 heavy (non-hydrogen) atoms. The van der Waals surface area contributed by atoms with Gasteiger partial charge in [0.15, 0.2) is 0 Å². The molecule has 1 aromatic carbocycles. The van der Waals surface area contributed by atoms with Crippen LogP contribution in [0.3, 0.4) is 0 Å². The molecular formula is C21H25N7O. The van der Waals surface area contributed by atoms with Gasteiger partial charge < -0.3 is 26.2 Å². The highest BCUT2D eigenvalue weighted by Crippen LogP contribution is 2.29. The minimum absolute atomic E-state index is 0.575. The summed E-state index contributed by atoms with van der Waals surface area (Å²) >= 11 is 0. The van der Waals surface area contributed by atoms with Gasteiger partial charge in [-0.3, -0.25) is 4.90 Å². The monoisotopic (exact) mass is 391 g/mol. The van der Waals surface area contributed by atoms with Crippen molar-refractivity contribution >= 4 is 40.0 Å². The van der Waals surface area contributed by atoms with Gasteiger partial charge in [-0.05, 0) is 36.3 Å². The number of aromatic nitrogens is 3. The fraction of sp³-hybridized carbons (Fsp3) is 0.286. The van der Waals surface area contributed by atoms with Crippen molar-refractivity contribution in [2.75, 3.05) is 44.4 Å². The van der Waals surface area contributed by atoms with Crippen LogP contribution in [0, 0.1) is 5.41 Å². The molecule has 0 radical (unpaired) electrons. The topological polar surface area (TPSA) is 116 Å². The van der Waals surface area contributed by atoms with Crippen LogP contribution < -0.4 is 11.1 Å². The van der Waals surface area contributed by atoms with E-state index in [0.29, 0.717) is 11.3 Å². The zero-order chi connectivity index (χ0) is 20.2. The highest BCUT2D eigenvalue weighted by atomic mass is 16.5. The molecule has 0 saturated carbocycles. The summed E-state index contributed by atoms with van der Waals surface area (Å²) in [5.74, 6) is 0.719. The van der Waals surface area contributed by atoms with Crippen molar-refractivity contribution in [2.24, 2.45) is 0 Å². The van der Waals surface area contributed by atoms with Gasteiger partial charge in [0, 0.05) is 55.6 Å². The van der Waals surface area contributed by atoms with Gasteiger partial charge in [0.2, 0.25) is 0 Å². The van der Waals surface area contributed by atoms with E-state index >= 15 is 0 Å². The molecule has 3 aromatic rings. The smallest absolute Gasteiger partial charge is 0.143 e. The molecule has 8 nitrogen and oxygen atoms in total. The lowest BCUT2D eigenvalue weighted by Gasteiger charge is -2.25. The molecule has 2 aromatic heterocycles. The van der Waals surface area contributed by atoms with Gasteiger partial charge in [-0.2, -0.15) is 0 Å². The number of fused-ring (bicyclic) bond motifs is 1. The number of methoxy groups -OCH3 is 1. The Bertz CT molecular complexity index is 1060. The normalized spacial score (nSPS) is 14.7. The number of nitrogens with one attached hydrogen (secondary N) is 3. The average Bonchev–Trinajstić information content (AvgIpc) is 3.19. The van der Waals surface area contributed by atoms with Gasteiger partial charge in [-0.15, -0.1) is 0 Å². The molecule has 0 aliphatic carbocycles. The number of hydrogen-bond donors (Lipinski definition) is 4. The molecule has 0 spiro atoms. The van der Waals surface area contributed by atoms with E-state index in [0.717, 1.165) is 60.9 Å². The van der Waals surface area contributed by atoms with Crippen LogP contribution in [0.5, 0.6) is 0 Å². The van der Waals surface area contributed by atoms with Crippen molar-refractivity contribution in [1.29, 1.82) is 5.41 Å². The molecule has 8 heteroatoms.